The standard InChI is InChI=1S/C16H21BN2O2.C15H26BN3O3/c1-15(2)16(3,4)21-17(20-15)14-10-18-19(12-14)11-13-8-6-5-7-9-13;1-14(2)15(3,4)22-16(21-14)13-11-17-19(12-13)6-5-18-7-9-20-10-8-18/h5-10,12H,11H2,1-4H3;11-12H,5-10H2,1-4H3. The van der Waals surface area contributed by atoms with E-state index in [9.17, 15) is 0 Å². The van der Waals surface area contributed by atoms with E-state index in [0.717, 1.165) is 56.9 Å². The lowest BCUT2D eigenvalue weighted by molar-refractivity contribution is 0.00578. The Balaban J connectivity index is 0.000000171. The Kier molecular flexibility index (Phi) is 9.28. The highest BCUT2D eigenvalue weighted by atomic mass is 16.7. The Hall–Kier alpha value is -2.47. The summed E-state index contributed by atoms with van der Waals surface area (Å²) in [6.45, 7) is 22.8. The van der Waals surface area contributed by atoms with Gasteiger partial charge in [-0.3, -0.25) is 14.3 Å². The summed E-state index contributed by atoms with van der Waals surface area (Å²) in [4.78, 5) is 2.40. The second-order valence-electron chi connectivity index (χ2n) is 13.6. The topological polar surface area (TPSA) is 85.0 Å². The molecule has 0 amide bonds. The first-order chi connectivity index (χ1) is 20.2. The highest BCUT2D eigenvalue weighted by Gasteiger charge is 2.53. The van der Waals surface area contributed by atoms with Gasteiger partial charge in [-0.15, -0.1) is 0 Å². The van der Waals surface area contributed by atoms with Crippen LogP contribution in [0.4, 0.5) is 0 Å². The monoisotopic (exact) mass is 591 g/mol. The molecule has 232 valence electrons. The third kappa shape index (κ3) is 7.44. The van der Waals surface area contributed by atoms with Crippen LogP contribution in [0.15, 0.2) is 55.1 Å². The average Bonchev–Trinajstić information content (AvgIpc) is 3.70. The van der Waals surface area contributed by atoms with Crippen molar-refractivity contribution in [2.24, 2.45) is 0 Å². The van der Waals surface area contributed by atoms with Crippen LogP contribution in [0.1, 0.15) is 61.0 Å². The fourth-order valence-electron chi connectivity index (χ4n) is 5.01. The smallest absolute Gasteiger partial charge is 0.399 e. The normalized spacial score (nSPS) is 22.4. The van der Waals surface area contributed by atoms with Crippen molar-refractivity contribution in [2.75, 3.05) is 32.8 Å². The number of hydrogen-bond donors (Lipinski definition) is 0. The van der Waals surface area contributed by atoms with Crippen LogP contribution in [0.25, 0.3) is 0 Å². The third-order valence-corrected chi connectivity index (χ3v) is 9.29. The molecule has 3 aromatic rings. The summed E-state index contributed by atoms with van der Waals surface area (Å²) in [6.07, 6.45) is 7.70. The Labute approximate surface area is 257 Å². The van der Waals surface area contributed by atoms with Gasteiger partial charge in [0.1, 0.15) is 0 Å². The molecule has 0 bridgehead atoms. The van der Waals surface area contributed by atoms with Crippen molar-refractivity contribution < 1.29 is 23.4 Å². The van der Waals surface area contributed by atoms with Crippen molar-refractivity contribution in [3.05, 3.63) is 60.7 Å². The molecule has 3 aliphatic rings. The van der Waals surface area contributed by atoms with Crippen molar-refractivity contribution in [3.63, 3.8) is 0 Å². The van der Waals surface area contributed by atoms with Gasteiger partial charge in [0.15, 0.2) is 0 Å². The number of nitrogens with zero attached hydrogens (tertiary/aromatic N) is 5. The second kappa shape index (κ2) is 12.5. The molecule has 6 rings (SSSR count). The minimum Gasteiger partial charge on any atom is -0.399 e. The first-order valence-corrected chi connectivity index (χ1v) is 15.3. The lowest BCUT2D eigenvalue weighted by Crippen LogP contribution is -2.41. The van der Waals surface area contributed by atoms with Gasteiger partial charge in [0.05, 0.1) is 48.7 Å². The van der Waals surface area contributed by atoms with Crippen molar-refractivity contribution in [1.82, 2.24) is 24.5 Å². The molecule has 0 aliphatic carbocycles. The van der Waals surface area contributed by atoms with Crippen LogP contribution in [-0.2, 0) is 36.4 Å². The molecule has 12 heteroatoms. The molecule has 3 fully saturated rings. The fourth-order valence-corrected chi connectivity index (χ4v) is 5.01. The Bertz CT molecular complexity index is 1310. The van der Waals surface area contributed by atoms with Gasteiger partial charge in [-0.2, -0.15) is 10.2 Å². The number of ether oxygens (including phenoxy) is 1. The molecule has 0 saturated carbocycles. The second-order valence-corrected chi connectivity index (χ2v) is 13.6. The SMILES string of the molecule is CC1(C)OB(c2cnn(CCN3CCOCC3)c2)OC1(C)C.CC1(C)OB(c2cnn(Cc3ccccc3)c2)OC1(C)C. The van der Waals surface area contributed by atoms with E-state index in [4.69, 9.17) is 23.4 Å². The molecule has 0 N–H and O–H groups in total. The van der Waals surface area contributed by atoms with E-state index in [1.54, 1.807) is 0 Å². The van der Waals surface area contributed by atoms with E-state index in [-0.39, 0.29) is 36.6 Å². The molecule has 0 unspecified atom stereocenters. The largest absolute Gasteiger partial charge is 0.498 e. The number of hydrogen-bond acceptors (Lipinski definition) is 8. The van der Waals surface area contributed by atoms with Gasteiger partial charge in [0, 0.05) is 55.3 Å². The number of rotatable bonds is 7. The minimum absolute atomic E-state index is 0.312. The third-order valence-electron chi connectivity index (χ3n) is 9.29. The maximum atomic E-state index is 6.06. The highest BCUT2D eigenvalue weighted by Crippen LogP contribution is 2.37. The van der Waals surface area contributed by atoms with Crippen LogP contribution in [0, 0.1) is 0 Å². The summed E-state index contributed by atoms with van der Waals surface area (Å²) in [6, 6.07) is 10.3. The summed E-state index contributed by atoms with van der Waals surface area (Å²) in [7, 11) is -0.679. The summed E-state index contributed by atoms with van der Waals surface area (Å²) in [5, 5.41) is 8.85. The summed E-state index contributed by atoms with van der Waals surface area (Å²) in [5.74, 6) is 0. The number of benzene rings is 1. The molecular weight excluding hydrogens is 544 g/mol. The van der Waals surface area contributed by atoms with Crippen LogP contribution >= 0.6 is 0 Å². The van der Waals surface area contributed by atoms with E-state index in [2.05, 4.69) is 82.6 Å². The van der Waals surface area contributed by atoms with Gasteiger partial charge in [0.2, 0.25) is 0 Å². The van der Waals surface area contributed by atoms with E-state index in [1.807, 2.05) is 52.4 Å². The van der Waals surface area contributed by atoms with Crippen molar-refractivity contribution >= 4 is 25.2 Å². The molecule has 2 aromatic heterocycles. The van der Waals surface area contributed by atoms with E-state index in [0.29, 0.717) is 0 Å². The number of morpholine rings is 1. The summed E-state index contributed by atoms with van der Waals surface area (Å²) < 4.78 is 33.4. The molecule has 0 spiro atoms. The Morgan fingerprint density at radius 2 is 1.12 bits per heavy atom. The van der Waals surface area contributed by atoms with E-state index >= 15 is 0 Å². The number of aromatic nitrogens is 4. The molecular formula is C31H47B2N5O5. The molecule has 5 heterocycles. The molecule has 10 nitrogen and oxygen atoms in total. The zero-order valence-electron chi connectivity index (χ0n) is 27.1. The zero-order chi connectivity index (χ0) is 30.9. The van der Waals surface area contributed by atoms with Crippen molar-refractivity contribution in [1.29, 1.82) is 0 Å². The predicted molar refractivity (Wildman–Crippen MR) is 169 cm³/mol. The molecule has 43 heavy (non-hydrogen) atoms. The minimum atomic E-state index is -0.348. The Morgan fingerprint density at radius 3 is 1.63 bits per heavy atom. The van der Waals surface area contributed by atoms with Crippen LogP contribution in [-0.4, -0.2) is 93.9 Å². The average molecular weight is 591 g/mol. The van der Waals surface area contributed by atoms with Gasteiger partial charge in [0.25, 0.3) is 0 Å². The van der Waals surface area contributed by atoms with Crippen molar-refractivity contribution in [3.8, 4) is 0 Å². The van der Waals surface area contributed by atoms with Crippen LogP contribution < -0.4 is 10.9 Å². The quantitative estimate of drug-likeness (QED) is 0.388. The molecule has 1 aromatic carbocycles. The van der Waals surface area contributed by atoms with Crippen LogP contribution in [0.2, 0.25) is 0 Å². The van der Waals surface area contributed by atoms with Crippen LogP contribution in [0.5, 0.6) is 0 Å². The van der Waals surface area contributed by atoms with Crippen molar-refractivity contribution in [2.45, 2.75) is 90.9 Å². The van der Waals surface area contributed by atoms with Gasteiger partial charge in [-0.1, -0.05) is 30.3 Å². The van der Waals surface area contributed by atoms with E-state index in [1.165, 1.54) is 5.56 Å². The van der Waals surface area contributed by atoms with Gasteiger partial charge in [-0.25, -0.2) is 0 Å². The van der Waals surface area contributed by atoms with Gasteiger partial charge < -0.3 is 23.4 Å². The first kappa shape index (κ1) is 31.9. The maximum absolute atomic E-state index is 6.06. The summed E-state index contributed by atoms with van der Waals surface area (Å²) >= 11 is 0. The fraction of sp³-hybridized carbons (Fsp3) is 0.613. The lowest BCUT2D eigenvalue weighted by Gasteiger charge is -2.32. The molecule has 0 atom stereocenters. The lowest BCUT2D eigenvalue weighted by atomic mass is 9.82. The van der Waals surface area contributed by atoms with Gasteiger partial charge in [-0.05, 0) is 61.0 Å². The zero-order valence-corrected chi connectivity index (χ0v) is 27.1. The highest BCUT2D eigenvalue weighted by molar-refractivity contribution is 6.62. The predicted octanol–water partition coefficient (Wildman–Crippen LogP) is 2.75. The van der Waals surface area contributed by atoms with Gasteiger partial charge >= 0.3 is 14.2 Å². The van der Waals surface area contributed by atoms with Crippen LogP contribution in [0.3, 0.4) is 0 Å². The summed E-state index contributed by atoms with van der Waals surface area (Å²) in [5.41, 5.74) is 1.91. The first-order valence-electron chi connectivity index (χ1n) is 15.3. The van der Waals surface area contributed by atoms with E-state index < -0.39 is 0 Å². The molecule has 3 saturated heterocycles. The molecule has 0 radical (unpaired) electrons. The molecule has 3 aliphatic heterocycles. The Morgan fingerprint density at radius 1 is 0.651 bits per heavy atom. The maximum Gasteiger partial charge on any atom is 0.498 e.